The van der Waals surface area contributed by atoms with Gasteiger partial charge in [-0.2, -0.15) is 0 Å². The Hall–Kier alpha value is -2.01. The molecule has 1 unspecified atom stereocenters. The molecule has 3 heterocycles. The number of para-hydroxylation sites is 1. The van der Waals surface area contributed by atoms with Gasteiger partial charge in [0.25, 0.3) is 0 Å². The molecular formula is C18H19N3OS. The summed E-state index contributed by atoms with van der Waals surface area (Å²) in [6, 6.07) is 8.20. The van der Waals surface area contributed by atoms with Crippen LogP contribution in [0.2, 0.25) is 0 Å². The van der Waals surface area contributed by atoms with E-state index in [2.05, 4.69) is 33.3 Å². The van der Waals surface area contributed by atoms with Crippen molar-refractivity contribution < 1.29 is 4.79 Å². The molecular weight excluding hydrogens is 306 g/mol. The fourth-order valence-corrected chi connectivity index (χ4v) is 4.66. The maximum absolute atomic E-state index is 13.2. The van der Waals surface area contributed by atoms with E-state index in [-0.39, 0.29) is 11.7 Å². The molecule has 4 nitrogen and oxygen atoms in total. The van der Waals surface area contributed by atoms with Crippen LogP contribution in [0.1, 0.15) is 22.6 Å². The number of aryl methyl sites for hydroxylation is 2. The van der Waals surface area contributed by atoms with Crippen LogP contribution in [-0.4, -0.2) is 25.7 Å². The van der Waals surface area contributed by atoms with E-state index in [4.69, 9.17) is 0 Å². The highest BCUT2D eigenvalue weighted by molar-refractivity contribution is 7.99. The van der Waals surface area contributed by atoms with E-state index in [1.54, 1.807) is 18.0 Å². The summed E-state index contributed by atoms with van der Waals surface area (Å²) in [7, 11) is 2.06. The van der Waals surface area contributed by atoms with Gasteiger partial charge in [0, 0.05) is 48.6 Å². The normalized spacial score (nSPS) is 18.2. The van der Waals surface area contributed by atoms with Crippen molar-refractivity contribution in [2.24, 2.45) is 13.0 Å². The predicted molar refractivity (Wildman–Crippen MR) is 93.0 cm³/mol. The van der Waals surface area contributed by atoms with Crippen molar-refractivity contribution in [1.29, 1.82) is 0 Å². The average molecular weight is 325 g/mol. The van der Waals surface area contributed by atoms with E-state index in [1.165, 1.54) is 0 Å². The highest BCUT2D eigenvalue weighted by Crippen LogP contribution is 2.38. The van der Waals surface area contributed by atoms with Crippen LogP contribution in [0.25, 0.3) is 10.9 Å². The van der Waals surface area contributed by atoms with Gasteiger partial charge in [0.05, 0.1) is 10.6 Å². The summed E-state index contributed by atoms with van der Waals surface area (Å²) in [5.41, 5.74) is 2.05. The zero-order valence-corrected chi connectivity index (χ0v) is 14.1. The summed E-state index contributed by atoms with van der Waals surface area (Å²) in [5, 5.41) is 2.19. The summed E-state index contributed by atoms with van der Waals surface area (Å²) < 4.78 is 4.25. The Morgan fingerprint density at radius 2 is 2.17 bits per heavy atom. The molecule has 1 aliphatic rings. The van der Waals surface area contributed by atoms with Crippen LogP contribution in [0, 0.1) is 12.8 Å². The number of thioether (sulfide) groups is 1. The molecule has 118 valence electrons. The predicted octanol–water partition coefficient (Wildman–Crippen LogP) is 3.68. The lowest BCUT2D eigenvalue weighted by atomic mass is 9.95. The Morgan fingerprint density at radius 3 is 2.96 bits per heavy atom. The van der Waals surface area contributed by atoms with E-state index < -0.39 is 0 Å². The molecule has 1 atom stereocenters. The number of carbonyl (C=O) groups excluding carboxylic acids is 1. The van der Waals surface area contributed by atoms with Crippen LogP contribution in [0.5, 0.6) is 0 Å². The fraction of sp³-hybridized carbons (Fsp3) is 0.333. The van der Waals surface area contributed by atoms with Gasteiger partial charge in [-0.15, -0.1) is 11.8 Å². The smallest absolute Gasteiger partial charge is 0.171 e. The van der Waals surface area contributed by atoms with E-state index in [0.29, 0.717) is 6.54 Å². The molecule has 0 bridgehead atoms. The molecule has 5 heteroatoms. The topological polar surface area (TPSA) is 39.8 Å². The molecule has 0 N–H and O–H groups in total. The molecule has 3 aromatic rings. The quantitative estimate of drug-likeness (QED) is 0.721. The van der Waals surface area contributed by atoms with E-state index in [0.717, 1.165) is 39.5 Å². The second-order valence-electron chi connectivity index (χ2n) is 6.08. The monoisotopic (exact) mass is 325 g/mol. The van der Waals surface area contributed by atoms with Crippen LogP contribution in [0.4, 0.5) is 0 Å². The Bertz CT molecular complexity index is 893. The number of aromatic nitrogens is 3. The lowest BCUT2D eigenvalue weighted by Gasteiger charge is -2.15. The van der Waals surface area contributed by atoms with Gasteiger partial charge in [-0.1, -0.05) is 18.2 Å². The van der Waals surface area contributed by atoms with Crippen molar-refractivity contribution in [3.8, 4) is 0 Å². The number of rotatable bonds is 2. The minimum atomic E-state index is 0.0162. The Kier molecular flexibility index (Phi) is 3.53. The SMILES string of the molecule is Cc1nccn1CC1CCSc2c(c3ccccc3n2C)C1=O. The lowest BCUT2D eigenvalue weighted by molar-refractivity contribution is 0.0903. The Balaban J connectivity index is 1.79. The first-order valence-electron chi connectivity index (χ1n) is 7.89. The van der Waals surface area contributed by atoms with Gasteiger partial charge in [0.15, 0.2) is 5.78 Å². The zero-order valence-electron chi connectivity index (χ0n) is 13.3. The summed E-state index contributed by atoms with van der Waals surface area (Å²) in [6.45, 7) is 2.70. The summed E-state index contributed by atoms with van der Waals surface area (Å²) >= 11 is 1.80. The molecule has 0 fully saturated rings. The molecule has 2 aromatic heterocycles. The highest BCUT2D eigenvalue weighted by Gasteiger charge is 2.30. The summed E-state index contributed by atoms with van der Waals surface area (Å²) in [5.74, 6) is 2.23. The van der Waals surface area contributed by atoms with Crippen molar-refractivity contribution >= 4 is 28.4 Å². The number of fused-ring (bicyclic) bond motifs is 3. The van der Waals surface area contributed by atoms with Gasteiger partial charge in [-0.25, -0.2) is 4.98 Å². The van der Waals surface area contributed by atoms with E-state index in [9.17, 15) is 4.79 Å². The molecule has 0 amide bonds. The van der Waals surface area contributed by atoms with Gasteiger partial charge < -0.3 is 9.13 Å². The van der Waals surface area contributed by atoms with Crippen molar-refractivity contribution in [2.45, 2.75) is 24.9 Å². The molecule has 0 radical (unpaired) electrons. The Morgan fingerprint density at radius 1 is 1.35 bits per heavy atom. The summed E-state index contributed by atoms with van der Waals surface area (Å²) in [6.07, 6.45) is 4.67. The first-order valence-corrected chi connectivity index (χ1v) is 8.87. The van der Waals surface area contributed by atoms with Crippen molar-refractivity contribution in [1.82, 2.24) is 14.1 Å². The van der Waals surface area contributed by atoms with Gasteiger partial charge in [0.2, 0.25) is 0 Å². The number of benzene rings is 1. The number of Topliss-reactive ketones (excluding diaryl/α,β-unsaturated/α-hetero) is 1. The second kappa shape index (κ2) is 5.57. The number of nitrogens with zero attached hydrogens (tertiary/aromatic N) is 3. The molecule has 0 saturated carbocycles. The molecule has 1 aromatic carbocycles. The second-order valence-corrected chi connectivity index (χ2v) is 7.17. The lowest BCUT2D eigenvalue weighted by Crippen LogP contribution is -2.21. The largest absolute Gasteiger partial charge is 0.338 e. The van der Waals surface area contributed by atoms with Gasteiger partial charge >= 0.3 is 0 Å². The molecule has 0 spiro atoms. The Labute approximate surface area is 139 Å². The molecule has 0 saturated heterocycles. The molecule has 0 aliphatic carbocycles. The fourth-order valence-electron chi connectivity index (χ4n) is 3.42. The van der Waals surface area contributed by atoms with Gasteiger partial charge in [-0.05, 0) is 19.4 Å². The number of hydrogen-bond acceptors (Lipinski definition) is 3. The van der Waals surface area contributed by atoms with Crippen LogP contribution in [0.3, 0.4) is 0 Å². The summed E-state index contributed by atoms with van der Waals surface area (Å²) in [4.78, 5) is 17.5. The average Bonchev–Trinajstić information content (AvgIpc) is 3.02. The van der Waals surface area contributed by atoms with Crippen molar-refractivity contribution in [3.05, 3.63) is 48.0 Å². The number of imidazole rings is 1. The third kappa shape index (κ3) is 2.30. The standard InChI is InChI=1S/C18H19N3OS/c1-12-19-8-9-21(12)11-13-7-10-23-18-16(17(13)22)14-5-3-4-6-15(14)20(18)2/h3-6,8-9,13H,7,10-11H2,1-2H3. The van der Waals surface area contributed by atoms with Crippen LogP contribution in [-0.2, 0) is 13.6 Å². The van der Waals surface area contributed by atoms with Crippen molar-refractivity contribution in [2.75, 3.05) is 5.75 Å². The highest BCUT2D eigenvalue weighted by atomic mass is 32.2. The van der Waals surface area contributed by atoms with Crippen LogP contribution in [0.15, 0.2) is 41.7 Å². The van der Waals surface area contributed by atoms with Crippen molar-refractivity contribution in [3.63, 3.8) is 0 Å². The molecule has 1 aliphatic heterocycles. The van der Waals surface area contributed by atoms with Gasteiger partial charge in [0.1, 0.15) is 5.82 Å². The zero-order chi connectivity index (χ0) is 16.0. The number of carbonyl (C=O) groups is 1. The number of hydrogen-bond donors (Lipinski definition) is 0. The van der Waals surface area contributed by atoms with E-state index >= 15 is 0 Å². The minimum Gasteiger partial charge on any atom is -0.338 e. The van der Waals surface area contributed by atoms with Crippen LogP contribution < -0.4 is 0 Å². The third-order valence-corrected chi connectivity index (χ3v) is 5.91. The van der Waals surface area contributed by atoms with Gasteiger partial charge in [-0.3, -0.25) is 4.79 Å². The maximum Gasteiger partial charge on any atom is 0.171 e. The third-order valence-electron chi connectivity index (χ3n) is 4.72. The maximum atomic E-state index is 13.2. The molecule has 23 heavy (non-hydrogen) atoms. The first kappa shape index (κ1) is 14.6. The minimum absolute atomic E-state index is 0.0162. The first-order chi connectivity index (χ1) is 11.2. The van der Waals surface area contributed by atoms with E-state index in [1.807, 2.05) is 25.3 Å². The number of ketones is 1. The molecule has 4 rings (SSSR count). The van der Waals surface area contributed by atoms with Crippen LogP contribution >= 0.6 is 11.8 Å².